The van der Waals surface area contributed by atoms with E-state index in [-0.39, 0.29) is 17.3 Å². The molecule has 0 aliphatic heterocycles. The van der Waals surface area contributed by atoms with E-state index in [2.05, 4.69) is 0 Å². The van der Waals surface area contributed by atoms with Crippen molar-refractivity contribution in [3.05, 3.63) is 59.2 Å². The lowest BCUT2D eigenvalue weighted by Crippen LogP contribution is -1.94. The van der Waals surface area contributed by atoms with Crippen molar-refractivity contribution >= 4 is 11.9 Å². The largest absolute Gasteiger partial charge is 0.508 e. The van der Waals surface area contributed by atoms with Crippen LogP contribution in [0.4, 0.5) is 0 Å². The number of methoxy groups -OCH3 is 1. The SMILES string of the molecule is CCc1cc(C=CC(=O)c2ccc(O)cc2)c(OC)cc1O. The predicted octanol–water partition coefficient (Wildman–Crippen LogP) is 3.56. The number of phenolic OH excluding ortho intramolecular Hbond substituents is 2. The molecule has 0 radical (unpaired) electrons. The van der Waals surface area contributed by atoms with Crippen molar-refractivity contribution in [3.63, 3.8) is 0 Å². The molecule has 0 amide bonds. The Labute approximate surface area is 129 Å². The Morgan fingerprint density at radius 1 is 1.18 bits per heavy atom. The number of ether oxygens (including phenoxy) is 1. The molecular formula is C18H18O4. The number of hydrogen-bond acceptors (Lipinski definition) is 4. The number of phenols is 2. The van der Waals surface area contributed by atoms with Crippen LogP contribution in [0.25, 0.3) is 6.08 Å². The third-order valence-electron chi connectivity index (χ3n) is 3.38. The van der Waals surface area contributed by atoms with Crippen LogP contribution in [0.1, 0.15) is 28.4 Å². The fraction of sp³-hybridized carbons (Fsp3) is 0.167. The maximum Gasteiger partial charge on any atom is 0.185 e. The first-order valence-electron chi connectivity index (χ1n) is 6.96. The van der Waals surface area contributed by atoms with E-state index in [1.807, 2.05) is 6.92 Å². The molecule has 0 aliphatic rings. The first-order chi connectivity index (χ1) is 10.5. The number of aromatic hydroxyl groups is 2. The highest BCUT2D eigenvalue weighted by Crippen LogP contribution is 2.29. The van der Waals surface area contributed by atoms with Gasteiger partial charge in [0.05, 0.1) is 7.11 Å². The Morgan fingerprint density at radius 2 is 1.86 bits per heavy atom. The Balaban J connectivity index is 2.29. The zero-order valence-electron chi connectivity index (χ0n) is 12.5. The maximum absolute atomic E-state index is 12.1. The average Bonchev–Trinajstić information content (AvgIpc) is 2.53. The van der Waals surface area contributed by atoms with Crippen molar-refractivity contribution in [2.24, 2.45) is 0 Å². The van der Waals surface area contributed by atoms with Gasteiger partial charge in [0, 0.05) is 17.2 Å². The summed E-state index contributed by atoms with van der Waals surface area (Å²) in [6, 6.07) is 9.41. The summed E-state index contributed by atoms with van der Waals surface area (Å²) in [7, 11) is 1.51. The average molecular weight is 298 g/mol. The van der Waals surface area contributed by atoms with Gasteiger partial charge in [-0.25, -0.2) is 0 Å². The quantitative estimate of drug-likeness (QED) is 0.654. The first kappa shape index (κ1) is 15.6. The lowest BCUT2D eigenvalue weighted by atomic mass is 10.0. The van der Waals surface area contributed by atoms with Gasteiger partial charge in [0.1, 0.15) is 17.2 Å². The van der Waals surface area contributed by atoms with Gasteiger partial charge in [-0.1, -0.05) is 6.92 Å². The van der Waals surface area contributed by atoms with E-state index in [0.29, 0.717) is 17.7 Å². The third kappa shape index (κ3) is 3.47. The molecule has 2 aromatic rings. The molecule has 4 nitrogen and oxygen atoms in total. The molecule has 2 N–H and O–H groups in total. The summed E-state index contributed by atoms with van der Waals surface area (Å²) in [5.41, 5.74) is 2.00. The van der Waals surface area contributed by atoms with E-state index in [4.69, 9.17) is 4.74 Å². The zero-order valence-corrected chi connectivity index (χ0v) is 12.5. The number of aryl methyl sites for hydroxylation is 1. The Bertz CT molecular complexity index is 700. The lowest BCUT2D eigenvalue weighted by molar-refractivity contribution is 0.104. The molecule has 2 rings (SSSR count). The smallest absolute Gasteiger partial charge is 0.185 e. The van der Waals surface area contributed by atoms with E-state index in [0.717, 1.165) is 11.1 Å². The monoisotopic (exact) mass is 298 g/mol. The normalized spacial score (nSPS) is 10.8. The number of hydrogen-bond donors (Lipinski definition) is 2. The van der Waals surface area contributed by atoms with Crippen LogP contribution in [0.15, 0.2) is 42.5 Å². The summed E-state index contributed by atoms with van der Waals surface area (Å²) >= 11 is 0. The van der Waals surface area contributed by atoms with Crippen LogP contribution < -0.4 is 4.74 Å². The Hall–Kier alpha value is -2.75. The fourth-order valence-corrected chi connectivity index (χ4v) is 2.11. The minimum absolute atomic E-state index is 0.119. The van der Waals surface area contributed by atoms with E-state index in [1.54, 1.807) is 30.3 Å². The van der Waals surface area contributed by atoms with Crippen LogP contribution in [-0.2, 0) is 6.42 Å². The van der Waals surface area contributed by atoms with Crippen molar-refractivity contribution in [3.8, 4) is 17.2 Å². The second kappa shape index (κ2) is 6.80. The summed E-state index contributed by atoms with van der Waals surface area (Å²) in [6.07, 6.45) is 3.79. The minimum Gasteiger partial charge on any atom is -0.508 e. The van der Waals surface area contributed by atoms with Gasteiger partial charge in [-0.15, -0.1) is 0 Å². The summed E-state index contributed by atoms with van der Waals surface area (Å²) in [5.74, 6) is 0.632. The maximum atomic E-state index is 12.1. The van der Waals surface area contributed by atoms with Crippen LogP contribution in [0.2, 0.25) is 0 Å². The standard InChI is InChI=1S/C18H18O4/c1-3-12-10-14(18(22-2)11-17(12)21)6-9-16(20)13-4-7-15(19)8-5-13/h4-11,19,21H,3H2,1-2H3. The van der Waals surface area contributed by atoms with Gasteiger partial charge in [0.25, 0.3) is 0 Å². The fourth-order valence-electron chi connectivity index (χ4n) is 2.11. The molecule has 0 saturated heterocycles. The molecule has 22 heavy (non-hydrogen) atoms. The van der Waals surface area contributed by atoms with E-state index >= 15 is 0 Å². The van der Waals surface area contributed by atoms with E-state index < -0.39 is 0 Å². The highest BCUT2D eigenvalue weighted by atomic mass is 16.5. The second-order valence-corrected chi connectivity index (χ2v) is 4.82. The molecule has 0 heterocycles. The Morgan fingerprint density at radius 3 is 2.45 bits per heavy atom. The number of benzene rings is 2. The molecule has 0 unspecified atom stereocenters. The van der Waals surface area contributed by atoms with Crippen molar-refractivity contribution < 1.29 is 19.7 Å². The zero-order chi connectivity index (χ0) is 16.1. The van der Waals surface area contributed by atoms with Gasteiger partial charge >= 0.3 is 0 Å². The van der Waals surface area contributed by atoms with Gasteiger partial charge in [0.2, 0.25) is 0 Å². The van der Waals surface area contributed by atoms with Crippen LogP contribution in [-0.4, -0.2) is 23.1 Å². The lowest BCUT2D eigenvalue weighted by Gasteiger charge is -2.09. The van der Waals surface area contributed by atoms with Gasteiger partial charge in [-0.2, -0.15) is 0 Å². The highest BCUT2D eigenvalue weighted by molar-refractivity contribution is 6.07. The molecule has 0 aromatic heterocycles. The van der Waals surface area contributed by atoms with Crippen molar-refractivity contribution in [1.82, 2.24) is 0 Å². The van der Waals surface area contributed by atoms with E-state index in [9.17, 15) is 15.0 Å². The summed E-state index contributed by atoms with van der Waals surface area (Å²) in [4.78, 5) is 12.1. The second-order valence-electron chi connectivity index (χ2n) is 4.82. The predicted molar refractivity (Wildman–Crippen MR) is 85.5 cm³/mol. The number of ketones is 1. The van der Waals surface area contributed by atoms with Gasteiger partial charge in [0.15, 0.2) is 5.78 Å². The number of rotatable bonds is 5. The third-order valence-corrected chi connectivity index (χ3v) is 3.38. The molecule has 0 spiro atoms. The van der Waals surface area contributed by atoms with E-state index in [1.165, 1.54) is 25.3 Å². The topological polar surface area (TPSA) is 66.8 Å². The van der Waals surface area contributed by atoms with Crippen LogP contribution in [0.3, 0.4) is 0 Å². The molecular weight excluding hydrogens is 280 g/mol. The number of allylic oxidation sites excluding steroid dienone is 1. The van der Waals surface area contributed by atoms with Crippen molar-refractivity contribution in [2.45, 2.75) is 13.3 Å². The van der Waals surface area contributed by atoms with Crippen molar-refractivity contribution in [1.29, 1.82) is 0 Å². The van der Waals surface area contributed by atoms with Gasteiger partial charge in [-0.3, -0.25) is 4.79 Å². The summed E-state index contributed by atoms with van der Waals surface area (Å²) in [5, 5.41) is 19.1. The molecule has 0 saturated carbocycles. The number of carbonyl (C=O) groups is 1. The molecule has 0 aliphatic carbocycles. The van der Waals surface area contributed by atoms with Crippen LogP contribution in [0, 0.1) is 0 Å². The minimum atomic E-state index is -0.173. The summed E-state index contributed by atoms with van der Waals surface area (Å²) in [6.45, 7) is 1.94. The molecule has 0 fully saturated rings. The van der Waals surface area contributed by atoms with Crippen LogP contribution in [0.5, 0.6) is 17.2 Å². The highest BCUT2D eigenvalue weighted by Gasteiger charge is 2.08. The molecule has 4 heteroatoms. The molecule has 0 atom stereocenters. The first-order valence-corrected chi connectivity index (χ1v) is 6.96. The summed E-state index contributed by atoms with van der Waals surface area (Å²) < 4.78 is 5.22. The van der Waals surface area contributed by atoms with Crippen molar-refractivity contribution in [2.75, 3.05) is 7.11 Å². The van der Waals surface area contributed by atoms with Crippen LogP contribution >= 0.6 is 0 Å². The molecule has 0 bridgehead atoms. The molecule has 2 aromatic carbocycles. The number of carbonyl (C=O) groups excluding carboxylic acids is 1. The Kier molecular flexibility index (Phi) is 4.84. The van der Waals surface area contributed by atoms with Gasteiger partial charge < -0.3 is 14.9 Å². The molecule has 114 valence electrons. The van der Waals surface area contributed by atoms with Gasteiger partial charge in [-0.05, 0) is 54.5 Å².